The van der Waals surface area contributed by atoms with Crippen LogP contribution in [0.15, 0.2) is 18.2 Å². The molecule has 0 fully saturated rings. The summed E-state index contributed by atoms with van der Waals surface area (Å²) in [5.41, 5.74) is 6.40. The minimum atomic E-state index is -0.741. The summed E-state index contributed by atoms with van der Waals surface area (Å²) in [6.07, 6.45) is 1.31. The molecule has 0 radical (unpaired) electrons. The van der Waals surface area contributed by atoms with Gasteiger partial charge in [0, 0.05) is 7.05 Å². The fourth-order valence-electron chi connectivity index (χ4n) is 2.34. The molecule has 2 N–H and O–H groups in total. The zero-order valence-corrected chi connectivity index (χ0v) is 10.5. The molecular weight excluding hydrogens is 216 g/mol. The maximum absolute atomic E-state index is 12.4. The Hall–Kier alpha value is -1.71. The highest BCUT2D eigenvalue weighted by atomic mass is 16.5. The van der Waals surface area contributed by atoms with Gasteiger partial charge in [-0.25, -0.2) is 0 Å². The first kappa shape index (κ1) is 11.8. The van der Waals surface area contributed by atoms with E-state index in [0.717, 1.165) is 0 Å². The minimum Gasteiger partial charge on any atom is -0.475 e. The van der Waals surface area contributed by atoms with E-state index in [1.54, 1.807) is 18.0 Å². The summed E-state index contributed by atoms with van der Waals surface area (Å²) in [5, 5.41) is 0. The van der Waals surface area contributed by atoms with Crippen molar-refractivity contribution >= 4 is 17.3 Å². The zero-order chi connectivity index (χ0) is 12.6. The lowest BCUT2D eigenvalue weighted by Gasteiger charge is -2.40. The summed E-state index contributed by atoms with van der Waals surface area (Å²) < 4.78 is 5.91. The smallest absolute Gasteiger partial charge is 0.271 e. The second-order valence-electron chi connectivity index (χ2n) is 4.36. The van der Waals surface area contributed by atoms with E-state index in [1.165, 1.54) is 0 Å². The molecule has 1 aliphatic heterocycles. The predicted molar refractivity (Wildman–Crippen MR) is 68.2 cm³/mol. The molecule has 0 saturated carbocycles. The maximum Gasteiger partial charge on any atom is 0.271 e. The Morgan fingerprint density at radius 3 is 2.59 bits per heavy atom. The summed E-state index contributed by atoms with van der Waals surface area (Å²) in [6.45, 7) is 3.93. The highest BCUT2D eigenvalue weighted by Gasteiger charge is 2.44. The Kier molecular flexibility index (Phi) is 2.73. The van der Waals surface area contributed by atoms with Crippen LogP contribution in [0, 0.1) is 0 Å². The monoisotopic (exact) mass is 234 g/mol. The summed E-state index contributed by atoms with van der Waals surface area (Å²) >= 11 is 0. The standard InChI is InChI=1S/C13H18N2O2/c1-4-13(5-2)12(16)15(3)11-9(14)7-6-8-10(11)17-13/h6-8H,4-5,14H2,1-3H3. The number of para-hydroxylation sites is 1. The van der Waals surface area contributed by atoms with Crippen LogP contribution in [0.1, 0.15) is 26.7 Å². The van der Waals surface area contributed by atoms with Gasteiger partial charge in [0.1, 0.15) is 11.4 Å². The molecule has 0 unspecified atom stereocenters. The summed E-state index contributed by atoms with van der Waals surface area (Å²) in [4.78, 5) is 14.0. The molecule has 0 aliphatic carbocycles. The van der Waals surface area contributed by atoms with Gasteiger partial charge in [0.05, 0.1) is 5.69 Å². The SMILES string of the molecule is CCC1(CC)Oc2cccc(N)c2N(C)C1=O. The van der Waals surface area contributed by atoms with Crippen LogP contribution in [-0.2, 0) is 4.79 Å². The Morgan fingerprint density at radius 1 is 1.35 bits per heavy atom. The number of fused-ring (bicyclic) bond motifs is 1. The first-order valence-corrected chi connectivity index (χ1v) is 5.91. The number of anilines is 2. The van der Waals surface area contributed by atoms with Crippen LogP contribution in [0.5, 0.6) is 5.75 Å². The second-order valence-corrected chi connectivity index (χ2v) is 4.36. The first-order valence-electron chi connectivity index (χ1n) is 5.91. The van der Waals surface area contributed by atoms with Gasteiger partial charge in [-0.2, -0.15) is 0 Å². The summed E-state index contributed by atoms with van der Waals surface area (Å²) in [5.74, 6) is 0.670. The van der Waals surface area contributed by atoms with Crippen molar-refractivity contribution in [2.24, 2.45) is 0 Å². The average Bonchev–Trinajstić information content (AvgIpc) is 2.34. The van der Waals surface area contributed by atoms with E-state index in [-0.39, 0.29) is 5.91 Å². The largest absolute Gasteiger partial charge is 0.475 e. The van der Waals surface area contributed by atoms with E-state index in [1.807, 2.05) is 26.0 Å². The molecule has 0 atom stereocenters. The molecule has 4 nitrogen and oxygen atoms in total. The van der Waals surface area contributed by atoms with Gasteiger partial charge in [-0.3, -0.25) is 4.79 Å². The number of amides is 1. The number of likely N-dealkylation sites (N-methyl/N-ethyl adjacent to an activating group) is 1. The fraction of sp³-hybridized carbons (Fsp3) is 0.462. The number of nitrogens with zero attached hydrogens (tertiary/aromatic N) is 1. The van der Waals surface area contributed by atoms with Crippen molar-refractivity contribution < 1.29 is 9.53 Å². The summed E-state index contributed by atoms with van der Waals surface area (Å²) in [7, 11) is 1.75. The number of nitrogens with two attached hydrogens (primary N) is 1. The molecule has 92 valence electrons. The van der Waals surface area contributed by atoms with Gasteiger partial charge >= 0.3 is 0 Å². The van der Waals surface area contributed by atoms with Crippen molar-refractivity contribution in [2.75, 3.05) is 17.7 Å². The molecule has 2 rings (SSSR count). The average molecular weight is 234 g/mol. The van der Waals surface area contributed by atoms with Crippen molar-refractivity contribution in [2.45, 2.75) is 32.3 Å². The number of carbonyl (C=O) groups excluding carboxylic acids is 1. The van der Waals surface area contributed by atoms with Gasteiger partial charge in [-0.15, -0.1) is 0 Å². The van der Waals surface area contributed by atoms with Crippen LogP contribution in [0.3, 0.4) is 0 Å². The van der Waals surface area contributed by atoms with Crippen LogP contribution in [0.4, 0.5) is 11.4 Å². The molecule has 0 aromatic heterocycles. The first-order chi connectivity index (χ1) is 8.05. The molecular formula is C13H18N2O2. The highest BCUT2D eigenvalue weighted by Crippen LogP contribution is 2.42. The Bertz CT molecular complexity index is 453. The van der Waals surface area contributed by atoms with Crippen molar-refractivity contribution in [3.63, 3.8) is 0 Å². The third kappa shape index (κ3) is 1.55. The number of hydrogen-bond acceptors (Lipinski definition) is 3. The van der Waals surface area contributed by atoms with Crippen molar-refractivity contribution in [3.8, 4) is 5.75 Å². The van der Waals surface area contributed by atoms with Gasteiger partial charge in [-0.05, 0) is 25.0 Å². The highest BCUT2D eigenvalue weighted by molar-refractivity contribution is 6.04. The predicted octanol–water partition coefficient (Wildman–Crippen LogP) is 2.18. The Balaban J connectivity index is 2.57. The van der Waals surface area contributed by atoms with E-state index in [0.29, 0.717) is 30.0 Å². The molecule has 0 saturated heterocycles. The number of nitrogen functional groups attached to an aromatic ring is 1. The van der Waals surface area contributed by atoms with Gasteiger partial charge in [0.25, 0.3) is 5.91 Å². The van der Waals surface area contributed by atoms with Crippen LogP contribution in [-0.4, -0.2) is 18.6 Å². The molecule has 1 aliphatic rings. The lowest BCUT2D eigenvalue weighted by Crippen LogP contribution is -2.54. The lowest BCUT2D eigenvalue weighted by atomic mass is 9.93. The molecule has 0 spiro atoms. The summed E-state index contributed by atoms with van der Waals surface area (Å²) in [6, 6.07) is 5.47. The molecule has 17 heavy (non-hydrogen) atoms. The van der Waals surface area contributed by atoms with Gasteiger partial charge < -0.3 is 15.4 Å². The number of hydrogen-bond donors (Lipinski definition) is 1. The molecule has 1 aromatic carbocycles. The third-order valence-corrected chi connectivity index (χ3v) is 3.51. The van der Waals surface area contributed by atoms with Crippen molar-refractivity contribution in [3.05, 3.63) is 18.2 Å². The van der Waals surface area contributed by atoms with Crippen LogP contribution < -0.4 is 15.4 Å². The Labute approximate surface area is 101 Å². The maximum atomic E-state index is 12.4. The van der Waals surface area contributed by atoms with E-state index < -0.39 is 5.60 Å². The van der Waals surface area contributed by atoms with Crippen LogP contribution in [0.25, 0.3) is 0 Å². The number of ether oxygens (including phenoxy) is 1. The van der Waals surface area contributed by atoms with Gasteiger partial charge in [-0.1, -0.05) is 19.9 Å². The van der Waals surface area contributed by atoms with E-state index in [2.05, 4.69) is 0 Å². The van der Waals surface area contributed by atoms with Crippen LogP contribution >= 0.6 is 0 Å². The number of benzene rings is 1. The molecule has 0 bridgehead atoms. The zero-order valence-electron chi connectivity index (χ0n) is 10.5. The van der Waals surface area contributed by atoms with Crippen molar-refractivity contribution in [1.29, 1.82) is 0 Å². The van der Waals surface area contributed by atoms with Gasteiger partial charge in [0.15, 0.2) is 5.60 Å². The normalized spacial score (nSPS) is 17.6. The Morgan fingerprint density at radius 2 is 2.00 bits per heavy atom. The second kappa shape index (κ2) is 3.95. The van der Waals surface area contributed by atoms with Crippen LogP contribution in [0.2, 0.25) is 0 Å². The topological polar surface area (TPSA) is 55.6 Å². The number of carbonyl (C=O) groups is 1. The molecule has 1 aromatic rings. The molecule has 4 heteroatoms. The van der Waals surface area contributed by atoms with Crippen molar-refractivity contribution in [1.82, 2.24) is 0 Å². The van der Waals surface area contributed by atoms with E-state index in [4.69, 9.17) is 10.5 Å². The molecule has 1 amide bonds. The van der Waals surface area contributed by atoms with E-state index in [9.17, 15) is 4.79 Å². The fourth-order valence-corrected chi connectivity index (χ4v) is 2.34. The molecule has 1 heterocycles. The lowest BCUT2D eigenvalue weighted by molar-refractivity contribution is -0.135. The third-order valence-electron chi connectivity index (χ3n) is 3.51. The minimum absolute atomic E-state index is 0.0205. The van der Waals surface area contributed by atoms with Gasteiger partial charge in [0.2, 0.25) is 0 Å². The quantitative estimate of drug-likeness (QED) is 0.798. The number of rotatable bonds is 2. The van der Waals surface area contributed by atoms with E-state index >= 15 is 0 Å².